The van der Waals surface area contributed by atoms with Crippen LogP contribution in [0.1, 0.15) is 17.0 Å². The average molecular weight is 367 g/mol. The van der Waals surface area contributed by atoms with Gasteiger partial charge in [0.1, 0.15) is 0 Å². The Morgan fingerprint density at radius 3 is 2.04 bits per heavy atom. The second kappa shape index (κ2) is 6.15. The third-order valence-corrected chi connectivity index (χ3v) is 7.47. The van der Waals surface area contributed by atoms with Crippen LogP contribution in [0.3, 0.4) is 0 Å². The van der Waals surface area contributed by atoms with Gasteiger partial charge in [0.05, 0.1) is 23.4 Å². The first kappa shape index (κ1) is 17.4. The highest BCUT2D eigenvalue weighted by atomic mass is 35.5. The molecule has 0 bridgehead atoms. The minimum Gasteiger partial charge on any atom is -0.396 e. The molecule has 0 aromatic heterocycles. The van der Waals surface area contributed by atoms with E-state index in [1.54, 1.807) is 48.5 Å². The van der Waals surface area contributed by atoms with E-state index >= 15 is 0 Å². The maximum absolute atomic E-state index is 13.0. The van der Waals surface area contributed by atoms with Crippen molar-refractivity contribution >= 4 is 21.4 Å². The lowest BCUT2D eigenvalue weighted by Gasteiger charge is -2.11. The van der Waals surface area contributed by atoms with Crippen molar-refractivity contribution in [2.45, 2.75) is 23.0 Å². The van der Waals surface area contributed by atoms with Crippen molar-refractivity contribution in [2.75, 3.05) is 13.2 Å². The van der Waals surface area contributed by atoms with Crippen LogP contribution in [0.15, 0.2) is 53.4 Å². The zero-order valence-corrected chi connectivity index (χ0v) is 14.8. The van der Waals surface area contributed by atoms with Crippen LogP contribution in [-0.2, 0) is 9.84 Å². The van der Waals surface area contributed by atoms with E-state index < -0.39 is 39.6 Å². The largest absolute Gasteiger partial charge is 0.396 e. The van der Waals surface area contributed by atoms with Crippen LogP contribution in [0.25, 0.3) is 0 Å². The van der Waals surface area contributed by atoms with E-state index in [4.69, 9.17) is 11.6 Å². The quantitative estimate of drug-likeness (QED) is 0.852. The summed E-state index contributed by atoms with van der Waals surface area (Å²) in [5.41, 5.74) is 0.648. The Morgan fingerprint density at radius 2 is 1.54 bits per heavy atom. The molecule has 0 spiro atoms. The molecule has 0 amide bonds. The second-order valence-corrected chi connectivity index (χ2v) is 8.86. The lowest BCUT2D eigenvalue weighted by atomic mass is 10.0. The number of aryl methyl sites for hydroxylation is 1. The molecule has 1 fully saturated rings. The topological polar surface area (TPSA) is 74.6 Å². The van der Waals surface area contributed by atoms with Crippen molar-refractivity contribution in [3.8, 4) is 0 Å². The van der Waals surface area contributed by atoms with Crippen molar-refractivity contribution in [1.82, 2.24) is 0 Å². The number of sulfone groups is 1. The van der Waals surface area contributed by atoms with Crippen LogP contribution in [-0.4, -0.2) is 37.1 Å². The molecular weight excluding hydrogens is 348 g/mol. The van der Waals surface area contributed by atoms with Gasteiger partial charge in [0, 0.05) is 16.4 Å². The molecule has 24 heavy (non-hydrogen) atoms. The molecule has 6 heteroatoms. The Kier molecular flexibility index (Phi) is 4.47. The van der Waals surface area contributed by atoms with E-state index in [0.29, 0.717) is 5.02 Å². The van der Waals surface area contributed by atoms with Gasteiger partial charge in [0.2, 0.25) is 0 Å². The van der Waals surface area contributed by atoms with E-state index in [1.165, 1.54) is 0 Å². The van der Waals surface area contributed by atoms with Gasteiger partial charge in [0.15, 0.2) is 9.84 Å². The molecule has 2 atom stereocenters. The molecule has 0 saturated heterocycles. The standard InChI is InChI=1S/C18H19ClO4S/c1-12-2-8-15(9-3-12)24(22,23)17-16(18(17,10-20)11-21)13-4-6-14(19)7-5-13/h2-9,16-17,20-21H,10-11H2,1H3/t16-,17-/m0/s1. The molecule has 1 saturated carbocycles. The van der Waals surface area contributed by atoms with E-state index in [1.807, 2.05) is 6.92 Å². The molecule has 128 valence electrons. The SMILES string of the molecule is Cc1ccc(S(=O)(=O)[C@H]2[C@H](c3ccc(Cl)cc3)C2(CO)CO)cc1. The van der Waals surface area contributed by atoms with Crippen LogP contribution in [0.2, 0.25) is 5.02 Å². The maximum Gasteiger partial charge on any atom is 0.182 e. The Hall–Kier alpha value is -1.40. The molecule has 3 rings (SSSR count). The number of aliphatic hydroxyl groups excluding tert-OH is 2. The van der Waals surface area contributed by atoms with Gasteiger partial charge in [0.25, 0.3) is 0 Å². The second-order valence-electron chi connectivity index (χ2n) is 6.36. The normalized spacial score (nSPS) is 22.3. The summed E-state index contributed by atoms with van der Waals surface area (Å²) in [4.78, 5) is 0.209. The van der Waals surface area contributed by atoms with Gasteiger partial charge in [-0.25, -0.2) is 8.42 Å². The van der Waals surface area contributed by atoms with Crippen molar-refractivity contribution in [3.05, 3.63) is 64.7 Å². The van der Waals surface area contributed by atoms with Crippen molar-refractivity contribution in [1.29, 1.82) is 0 Å². The number of hydrogen-bond donors (Lipinski definition) is 2. The number of benzene rings is 2. The summed E-state index contributed by atoms with van der Waals surface area (Å²) in [6, 6.07) is 13.5. The van der Waals surface area contributed by atoms with Crippen LogP contribution in [0.5, 0.6) is 0 Å². The fourth-order valence-electron chi connectivity index (χ4n) is 3.42. The number of rotatable bonds is 5. The first-order valence-corrected chi connectivity index (χ1v) is 9.57. The minimum absolute atomic E-state index is 0.209. The lowest BCUT2D eigenvalue weighted by Crippen LogP contribution is -2.23. The molecule has 2 aromatic carbocycles. The van der Waals surface area contributed by atoms with Gasteiger partial charge in [-0.05, 0) is 36.8 Å². The van der Waals surface area contributed by atoms with E-state index in [9.17, 15) is 18.6 Å². The summed E-state index contributed by atoms with van der Waals surface area (Å²) >= 11 is 5.90. The summed E-state index contributed by atoms with van der Waals surface area (Å²) in [5.74, 6) is -0.462. The highest BCUT2D eigenvalue weighted by Crippen LogP contribution is 2.63. The monoisotopic (exact) mass is 366 g/mol. The van der Waals surface area contributed by atoms with E-state index in [0.717, 1.165) is 11.1 Å². The van der Waals surface area contributed by atoms with Gasteiger partial charge in [-0.3, -0.25) is 0 Å². The summed E-state index contributed by atoms with van der Waals surface area (Å²) < 4.78 is 26.1. The summed E-state index contributed by atoms with van der Waals surface area (Å²) in [6.07, 6.45) is 0. The number of aliphatic hydroxyl groups is 2. The average Bonchev–Trinajstić information content (AvgIpc) is 3.26. The molecule has 2 N–H and O–H groups in total. The van der Waals surface area contributed by atoms with Gasteiger partial charge in [-0.15, -0.1) is 0 Å². The van der Waals surface area contributed by atoms with Crippen LogP contribution >= 0.6 is 11.6 Å². The van der Waals surface area contributed by atoms with Gasteiger partial charge >= 0.3 is 0 Å². The van der Waals surface area contributed by atoms with Crippen molar-refractivity contribution < 1.29 is 18.6 Å². The van der Waals surface area contributed by atoms with Crippen LogP contribution < -0.4 is 0 Å². The van der Waals surface area contributed by atoms with Crippen LogP contribution in [0.4, 0.5) is 0 Å². The summed E-state index contributed by atoms with van der Waals surface area (Å²) in [6.45, 7) is 1.09. The van der Waals surface area contributed by atoms with Crippen molar-refractivity contribution in [2.24, 2.45) is 5.41 Å². The predicted molar refractivity (Wildman–Crippen MR) is 93.0 cm³/mol. The smallest absolute Gasteiger partial charge is 0.182 e. The highest BCUT2D eigenvalue weighted by molar-refractivity contribution is 7.92. The zero-order chi connectivity index (χ0) is 17.5. The molecule has 0 radical (unpaired) electrons. The minimum atomic E-state index is -3.67. The molecule has 4 nitrogen and oxygen atoms in total. The molecule has 1 aliphatic carbocycles. The molecular formula is C18H19ClO4S. The lowest BCUT2D eigenvalue weighted by molar-refractivity contribution is 0.130. The summed E-state index contributed by atoms with van der Waals surface area (Å²) in [5, 5.41) is 19.3. The summed E-state index contributed by atoms with van der Waals surface area (Å²) in [7, 11) is -3.67. The number of halogens is 1. The molecule has 0 aliphatic heterocycles. The third-order valence-electron chi connectivity index (χ3n) is 4.88. The van der Waals surface area contributed by atoms with E-state index in [-0.39, 0.29) is 4.90 Å². The molecule has 1 aliphatic rings. The fraction of sp³-hybridized carbons (Fsp3) is 0.333. The number of hydrogen-bond acceptors (Lipinski definition) is 4. The first-order valence-electron chi connectivity index (χ1n) is 7.64. The zero-order valence-electron chi connectivity index (χ0n) is 13.2. The Bertz CT molecular complexity index is 824. The van der Waals surface area contributed by atoms with Gasteiger partial charge in [-0.2, -0.15) is 0 Å². The molecule has 0 heterocycles. The molecule has 2 aromatic rings. The van der Waals surface area contributed by atoms with E-state index in [2.05, 4.69) is 0 Å². The Labute approximate surface area is 146 Å². The predicted octanol–water partition coefficient (Wildman–Crippen LogP) is 2.56. The third kappa shape index (κ3) is 2.65. The Morgan fingerprint density at radius 1 is 1.00 bits per heavy atom. The molecule has 0 unspecified atom stereocenters. The first-order chi connectivity index (χ1) is 11.4. The van der Waals surface area contributed by atoms with Crippen molar-refractivity contribution in [3.63, 3.8) is 0 Å². The Balaban J connectivity index is 2.04. The van der Waals surface area contributed by atoms with Gasteiger partial charge in [-0.1, -0.05) is 41.4 Å². The maximum atomic E-state index is 13.0. The fourth-order valence-corrected chi connectivity index (χ4v) is 5.98. The van der Waals surface area contributed by atoms with Gasteiger partial charge < -0.3 is 10.2 Å². The van der Waals surface area contributed by atoms with Crippen LogP contribution in [0, 0.1) is 12.3 Å². The highest BCUT2D eigenvalue weighted by Gasteiger charge is 2.70.